The molecule has 0 radical (unpaired) electrons. The van der Waals surface area contributed by atoms with Gasteiger partial charge < -0.3 is 0 Å². The monoisotopic (exact) mass is 270 g/mol. The number of hydrogen-bond acceptors (Lipinski definition) is 3. The van der Waals surface area contributed by atoms with E-state index >= 15 is 0 Å². The second-order valence-corrected chi connectivity index (χ2v) is 5.65. The van der Waals surface area contributed by atoms with Crippen LogP contribution in [0, 0.1) is 11.3 Å². The Morgan fingerprint density at radius 3 is 2.55 bits per heavy atom. The van der Waals surface area contributed by atoms with E-state index in [4.69, 9.17) is 0 Å². The molecule has 2 rings (SSSR count). The summed E-state index contributed by atoms with van der Waals surface area (Å²) in [6, 6.07) is 12.0. The Balaban J connectivity index is 1.97. The van der Waals surface area contributed by atoms with Crippen LogP contribution in [0.15, 0.2) is 30.3 Å². The highest BCUT2D eigenvalue weighted by molar-refractivity contribution is 5.90. The summed E-state index contributed by atoms with van der Waals surface area (Å²) in [7, 11) is 2.01. The Labute approximate surface area is 121 Å². The molecule has 1 atom stereocenters. The van der Waals surface area contributed by atoms with Crippen molar-refractivity contribution in [2.24, 2.45) is 0 Å². The van der Waals surface area contributed by atoms with Gasteiger partial charge >= 0.3 is 0 Å². The summed E-state index contributed by atoms with van der Waals surface area (Å²) in [6.45, 7) is 0.373. The highest BCUT2D eigenvalue weighted by Gasteiger charge is 2.25. The van der Waals surface area contributed by atoms with Crippen LogP contribution in [-0.4, -0.2) is 30.3 Å². The summed E-state index contributed by atoms with van der Waals surface area (Å²) in [5.74, 6) is -0.631. The van der Waals surface area contributed by atoms with Crippen LogP contribution >= 0.6 is 0 Å². The smallest absolute Gasteiger partial charge is 0.168 e. The Bertz CT molecular complexity index is 472. The van der Waals surface area contributed by atoms with Gasteiger partial charge in [-0.05, 0) is 25.5 Å². The first kappa shape index (κ1) is 14.7. The number of Topliss-reactive ketones (excluding diaryl/α,β-unsaturated/α-hetero) is 1. The average molecular weight is 270 g/mol. The van der Waals surface area contributed by atoms with E-state index in [1.54, 1.807) is 0 Å². The quantitative estimate of drug-likeness (QED) is 0.825. The van der Waals surface area contributed by atoms with E-state index in [2.05, 4.69) is 11.0 Å². The summed E-state index contributed by atoms with van der Waals surface area (Å²) < 4.78 is 0. The number of benzene rings is 1. The maximum atomic E-state index is 12.4. The molecule has 3 heteroatoms. The molecule has 1 aliphatic carbocycles. The topological polar surface area (TPSA) is 44.1 Å². The number of likely N-dealkylation sites (N-methyl/N-ethyl adjacent to an activating group) is 1. The Morgan fingerprint density at radius 1 is 1.30 bits per heavy atom. The van der Waals surface area contributed by atoms with Gasteiger partial charge in [0.15, 0.2) is 5.78 Å². The normalized spacial score (nSPS) is 17.6. The zero-order chi connectivity index (χ0) is 14.4. The van der Waals surface area contributed by atoms with Crippen molar-refractivity contribution in [3.05, 3.63) is 35.9 Å². The molecule has 106 valence electrons. The van der Waals surface area contributed by atoms with Crippen LogP contribution in [0.4, 0.5) is 0 Å². The van der Waals surface area contributed by atoms with Gasteiger partial charge in [0.1, 0.15) is 5.92 Å². The molecule has 1 fully saturated rings. The van der Waals surface area contributed by atoms with Crippen LogP contribution in [-0.2, 0) is 4.79 Å². The minimum Gasteiger partial charge on any atom is -0.296 e. The van der Waals surface area contributed by atoms with Gasteiger partial charge in [-0.1, -0.05) is 49.6 Å². The second kappa shape index (κ2) is 7.21. The van der Waals surface area contributed by atoms with E-state index in [1.165, 1.54) is 32.1 Å². The summed E-state index contributed by atoms with van der Waals surface area (Å²) in [5, 5.41) is 9.28. The van der Waals surface area contributed by atoms with Crippen LogP contribution in [0.3, 0.4) is 0 Å². The van der Waals surface area contributed by atoms with Gasteiger partial charge in [-0.3, -0.25) is 9.69 Å². The van der Waals surface area contributed by atoms with Crippen molar-refractivity contribution in [2.45, 2.75) is 44.1 Å². The molecule has 20 heavy (non-hydrogen) atoms. The molecule has 1 aromatic rings. The molecule has 0 spiro atoms. The third-order valence-corrected chi connectivity index (χ3v) is 4.19. The summed E-state index contributed by atoms with van der Waals surface area (Å²) >= 11 is 0. The number of rotatable bonds is 5. The van der Waals surface area contributed by atoms with E-state index in [0.29, 0.717) is 12.6 Å². The SMILES string of the molecule is CN(CC(=O)[C@@H](C#N)c1ccccc1)C1CCCCC1. The van der Waals surface area contributed by atoms with Crippen molar-refractivity contribution in [2.75, 3.05) is 13.6 Å². The highest BCUT2D eigenvalue weighted by atomic mass is 16.1. The molecule has 1 saturated carbocycles. The molecular weight excluding hydrogens is 248 g/mol. The molecule has 0 aliphatic heterocycles. The van der Waals surface area contributed by atoms with Crippen LogP contribution in [0.25, 0.3) is 0 Å². The molecule has 3 nitrogen and oxygen atoms in total. The fourth-order valence-electron chi connectivity index (χ4n) is 2.97. The van der Waals surface area contributed by atoms with Gasteiger partial charge in [0, 0.05) is 6.04 Å². The van der Waals surface area contributed by atoms with Crippen molar-refractivity contribution in [3.63, 3.8) is 0 Å². The van der Waals surface area contributed by atoms with E-state index in [-0.39, 0.29) is 5.78 Å². The fraction of sp³-hybridized carbons (Fsp3) is 0.529. The lowest BCUT2D eigenvalue weighted by Gasteiger charge is -2.31. The Hall–Kier alpha value is -1.66. The summed E-state index contributed by atoms with van der Waals surface area (Å²) in [4.78, 5) is 14.5. The van der Waals surface area contributed by atoms with Gasteiger partial charge in [0.2, 0.25) is 0 Å². The van der Waals surface area contributed by atoms with Crippen LogP contribution in [0.2, 0.25) is 0 Å². The van der Waals surface area contributed by atoms with E-state index < -0.39 is 5.92 Å². The van der Waals surface area contributed by atoms with E-state index in [0.717, 1.165) is 5.56 Å². The number of ketones is 1. The van der Waals surface area contributed by atoms with Gasteiger partial charge in [0.25, 0.3) is 0 Å². The van der Waals surface area contributed by atoms with Gasteiger partial charge in [-0.2, -0.15) is 5.26 Å². The molecule has 1 aromatic carbocycles. The van der Waals surface area contributed by atoms with Crippen molar-refractivity contribution in [1.29, 1.82) is 5.26 Å². The standard InChI is InChI=1S/C17H22N2O/c1-19(15-10-6-3-7-11-15)13-17(20)16(12-18)14-8-4-2-5-9-14/h2,4-5,8-9,15-16H,3,6-7,10-11,13H2,1H3/t16-/m0/s1. The molecule has 0 N–H and O–H groups in total. The van der Waals surface area contributed by atoms with E-state index in [1.807, 2.05) is 37.4 Å². The van der Waals surface area contributed by atoms with Crippen LogP contribution in [0.5, 0.6) is 0 Å². The minimum absolute atomic E-state index is 0.00627. The zero-order valence-corrected chi connectivity index (χ0v) is 12.1. The Kier molecular flexibility index (Phi) is 5.31. The lowest BCUT2D eigenvalue weighted by molar-refractivity contribution is -0.120. The third kappa shape index (κ3) is 3.68. The Morgan fingerprint density at radius 2 is 1.95 bits per heavy atom. The van der Waals surface area contributed by atoms with Crippen molar-refractivity contribution < 1.29 is 4.79 Å². The fourth-order valence-corrected chi connectivity index (χ4v) is 2.97. The van der Waals surface area contributed by atoms with Crippen LogP contribution in [0.1, 0.15) is 43.6 Å². The van der Waals surface area contributed by atoms with E-state index in [9.17, 15) is 10.1 Å². The van der Waals surface area contributed by atoms with Gasteiger partial charge in [-0.25, -0.2) is 0 Å². The summed E-state index contributed by atoms with van der Waals surface area (Å²) in [5.41, 5.74) is 0.803. The number of carbonyl (C=O) groups is 1. The van der Waals surface area contributed by atoms with Crippen molar-refractivity contribution in [1.82, 2.24) is 4.90 Å². The lowest BCUT2D eigenvalue weighted by atomic mass is 9.92. The van der Waals surface area contributed by atoms with Crippen LogP contribution < -0.4 is 0 Å². The first-order chi connectivity index (χ1) is 9.72. The third-order valence-electron chi connectivity index (χ3n) is 4.19. The largest absolute Gasteiger partial charge is 0.296 e. The molecule has 0 unspecified atom stereocenters. The van der Waals surface area contributed by atoms with Crippen molar-refractivity contribution >= 4 is 5.78 Å². The lowest BCUT2D eigenvalue weighted by Crippen LogP contribution is -2.38. The zero-order valence-electron chi connectivity index (χ0n) is 12.1. The maximum absolute atomic E-state index is 12.4. The number of nitriles is 1. The first-order valence-corrected chi connectivity index (χ1v) is 7.40. The second-order valence-electron chi connectivity index (χ2n) is 5.65. The molecule has 0 saturated heterocycles. The first-order valence-electron chi connectivity index (χ1n) is 7.40. The molecule has 0 heterocycles. The number of carbonyl (C=O) groups excluding carboxylic acids is 1. The van der Waals surface area contributed by atoms with Crippen molar-refractivity contribution in [3.8, 4) is 6.07 Å². The molecule has 1 aliphatic rings. The minimum atomic E-state index is -0.637. The molecular formula is C17H22N2O. The molecule has 0 bridgehead atoms. The molecule has 0 aromatic heterocycles. The molecule has 0 amide bonds. The maximum Gasteiger partial charge on any atom is 0.168 e. The predicted octanol–water partition coefficient (Wildman–Crippen LogP) is 3.13. The van der Waals surface area contributed by atoms with Gasteiger partial charge in [-0.15, -0.1) is 0 Å². The average Bonchev–Trinajstić information content (AvgIpc) is 2.50. The highest BCUT2D eigenvalue weighted by Crippen LogP contribution is 2.23. The predicted molar refractivity (Wildman–Crippen MR) is 79.3 cm³/mol. The number of hydrogen-bond donors (Lipinski definition) is 0. The summed E-state index contributed by atoms with van der Waals surface area (Å²) in [6.07, 6.45) is 6.16. The van der Waals surface area contributed by atoms with Gasteiger partial charge in [0.05, 0.1) is 12.6 Å². The number of nitrogens with zero attached hydrogens (tertiary/aromatic N) is 2.